The molecule has 3 atom stereocenters. The molecular formula is C25H30F5N3O5S. The van der Waals surface area contributed by atoms with E-state index in [1.807, 2.05) is 0 Å². The van der Waals surface area contributed by atoms with Crippen LogP contribution in [0.5, 0.6) is 0 Å². The van der Waals surface area contributed by atoms with E-state index in [4.69, 9.17) is 4.74 Å². The van der Waals surface area contributed by atoms with Gasteiger partial charge in [0.25, 0.3) is 5.92 Å². The summed E-state index contributed by atoms with van der Waals surface area (Å²) in [7, 11) is -4.66. The summed E-state index contributed by atoms with van der Waals surface area (Å²) in [5.74, 6) is -6.82. The number of rotatable bonds is 6. The minimum Gasteiger partial charge on any atom is -0.378 e. The van der Waals surface area contributed by atoms with Gasteiger partial charge in [-0.1, -0.05) is 0 Å². The molecule has 1 aromatic rings. The van der Waals surface area contributed by atoms with E-state index in [2.05, 4.69) is 5.32 Å². The number of halogens is 5. The van der Waals surface area contributed by atoms with E-state index in [9.17, 15) is 40.0 Å². The number of carbonyl (C=O) groups is 2. The number of sulfone groups is 1. The smallest absolute Gasteiger partial charge is 0.378 e. The van der Waals surface area contributed by atoms with Gasteiger partial charge in [0.15, 0.2) is 9.84 Å². The quantitative estimate of drug-likeness (QED) is 0.521. The second-order valence-electron chi connectivity index (χ2n) is 11.2. The standard InChI is InChI=1S/C25H30F5N3O5S/c1-23(4-5-23)31-21(34)17-11-16(12-18(17)22(35)33-13-24(26,27)14-33)39(36,37)20-3-2-15(10-19(20)25(28,29)30)32-6-8-38-9-7-32/h2-3,10,16-18H,4-9,11-14H2,1H3,(H,31,34). The monoisotopic (exact) mass is 579 g/mol. The van der Waals surface area contributed by atoms with Crippen molar-refractivity contribution in [2.75, 3.05) is 44.3 Å². The van der Waals surface area contributed by atoms with Crippen molar-refractivity contribution in [3.63, 3.8) is 0 Å². The Hall–Kier alpha value is -2.48. The molecule has 4 aliphatic rings. The SMILES string of the molecule is CC1(NC(=O)C2CC(S(=O)(=O)c3ccc(N4CCOCC4)cc3C(F)(F)F)CC2C(=O)N2CC(F)(F)C2)CC1. The lowest BCUT2D eigenvalue weighted by molar-refractivity contribution is -0.171. The van der Waals surface area contributed by atoms with Gasteiger partial charge in [-0.3, -0.25) is 9.59 Å². The van der Waals surface area contributed by atoms with Gasteiger partial charge in [0.05, 0.1) is 53.8 Å². The molecule has 0 aromatic heterocycles. The van der Waals surface area contributed by atoms with Crippen molar-refractivity contribution < 1.29 is 44.7 Å². The predicted molar refractivity (Wildman–Crippen MR) is 129 cm³/mol. The molecule has 14 heteroatoms. The molecule has 2 saturated heterocycles. The van der Waals surface area contributed by atoms with Crippen LogP contribution < -0.4 is 10.2 Å². The third kappa shape index (κ3) is 5.59. The number of anilines is 1. The Bertz CT molecular complexity index is 1250. The maximum atomic E-state index is 14.1. The van der Waals surface area contributed by atoms with Crippen molar-refractivity contribution in [2.45, 2.75) is 60.4 Å². The van der Waals surface area contributed by atoms with Crippen LogP contribution in [0.15, 0.2) is 23.1 Å². The molecule has 0 spiro atoms. The summed E-state index contributed by atoms with van der Waals surface area (Å²) >= 11 is 0. The Morgan fingerprint density at radius 3 is 2.23 bits per heavy atom. The summed E-state index contributed by atoms with van der Waals surface area (Å²) in [6, 6.07) is 3.04. The van der Waals surface area contributed by atoms with Crippen LogP contribution in [-0.2, 0) is 30.3 Å². The fraction of sp³-hybridized carbons (Fsp3) is 0.680. The molecule has 2 saturated carbocycles. The molecule has 5 rings (SSSR count). The largest absolute Gasteiger partial charge is 0.417 e. The van der Waals surface area contributed by atoms with Crippen molar-refractivity contribution in [3.8, 4) is 0 Å². The summed E-state index contributed by atoms with van der Waals surface area (Å²) in [5, 5.41) is 1.32. The average Bonchev–Trinajstić information content (AvgIpc) is 3.39. The van der Waals surface area contributed by atoms with Crippen molar-refractivity contribution in [1.82, 2.24) is 10.2 Å². The van der Waals surface area contributed by atoms with Crippen molar-refractivity contribution >= 4 is 27.3 Å². The number of hydrogen-bond acceptors (Lipinski definition) is 6. The fourth-order valence-electron chi connectivity index (χ4n) is 5.60. The number of nitrogens with one attached hydrogen (secondary N) is 1. The lowest BCUT2D eigenvalue weighted by Gasteiger charge is -2.40. The highest BCUT2D eigenvalue weighted by atomic mass is 32.2. The zero-order valence-corrected chi connectivity index (χ0v) is 22.1. The first-order chi connectivity index (χ1) is 18.1. The molecule has 8 nitrogen and oxygen atoms in total. The van der Waals surface area contributed by atoms with Crippen molar-refractivity contribution in [3.05, 3.63) is 23.8 Å². The fourth-order valence-corrected chi connectivity index (χ4v) is 7.62. The van der Waals surface area contributed by atoms with Gasteiger partial charge >= 0.3 is 6.18 Å². The number of alkyl halides is 5. The summed E-state index contributed by atoms with van der Waals surface area (Å²) in [5.41, 5.74) is -1.61. The van der Waals surface area contributed by atoms with E-state index in [-0.39, 0.29) is 12.1 Å². The van der Waals surface area contributed by atoms with Crippen molar-refractivity contribution in [2.24, 2.45) is 11.8 Å². The Morgan fingerprint density at radius 2 is 1.67 bits per heavy atom. The molecule has 3 unspecified atom stereocenters. The van der Waals surface area contributed by atoms with Crippen LogP contribution in [0, 0.1) is 11.8 Å². The summed E-state index contributed by atoms with van der Waals surface area (Å²) < 4.78 is 102. The first-order valence-electron chi connectivity index (χ1n) is 12.9. The molecule has 39 heavy (non-hydrogen) atoms. The van der Waals surface area contributed by atoms with Crippen LogP contribution in [0.4, 0.5) is 27.6 Å². The van der Waals surface area contributed by atoms with Gasteiger partial charge in [-0.05, 0) is 50.8 Å². The van der Waals surface area contributed by atoms with E-state index < -0.39 is 86.3 Å². The van der Waals surface area contributed by atoms with Gasteiger partial charge in [-0.2, -0.15) is 13.2 Å². The molecule has 1 N–H and O–H groups in total. The zero-order chi connectivity index (χ0) is 28.4. The highest BCUT2D eigenvalue weighted by Gasteiger charge is 2.55. The maximum absolute atomic E-state index is 14.1. The van der Waals surface area contributed by atoms with Crippen LogP contribution in [0.1, 0.15) is 38.2 Å². The zero-order valence-electron chi connectivity index (χ0n) is 21.3. The van der Waals surface area contributed by atoms with Gasteiger partial charge in [-0.25, -0.2) is 17.2 Å². The predicted octanol–water partition coefficient (Wildman–Crippen LogP) is 2.86. The van der Waals surface area contributed by atoms with Gasteiger partial charge in [0, 0.05) is 24.3 Å². The Morgan fingerprint density at radius 1 is 1.05 bits per heavy atom. The number of morpholine rings is 1. The van der Waals surface area contributed by atoms with E-state index in [0.29, 0.717) is 39.1 Å². The summed E-state index contributed by atoms with van der Waals surface area (Å²) in [6.07, 6.45) is -4.42. The minimum absolute atomic E-state index is 0.206. The normalized spacial score (nSPS) is 28.1. The highest BCUT2D eigenvalue weighted by molar-refractivity contribution is 7.92. The van der Waals surface area contributed by atoms with E-state index >= 15 is 0 Å². The number of benzene rings is 1. The van der Waals surface area contributed by atoms with Gasteiger partial charge < -0.3 is 19.9 Å². The molecular weight excluding hydrogens is 549 g/mol. The number of amides is 2. The summed E-state index contributed by atoms with van der Waals surface area (Å²) in [6.45, 7) is 1.45. The lowest BCUT2D eigenvalue weighted by atomic mass is 9.92. The molecule has 2 aliphatic heterocycles. The number of nitrogens with zero attached hydrogens (tertiary/aromatic N) is 2. The van der Waals surface area contributed by atoms with E-state index in [1.54, 1.807) is 11.8 Å². The number of likely N-dealkylation sites (tertiary alicyclic amines) is 1. The Balaban J connectivity index is 1.45. The Labute approximate surface area is 222 Å². The third-order valence-electron chi connectivity index (χ3n) is 8.14. The second kappa shape index (κ2) is 9.57. The van der Waals surface area contributed by atoms with Gasteiger partial charge in [-0.15, -0.1) is 0 Å². The van der Waals surface area contributed by atoms with Crippen LogP contribution in [0.2, 0.25) is 0 Å². The highest BCUT2D eigenvalue weighted by Crippen LogP contribution is 2.45. The molecule has 0 radical (unpaired) electrons. The number of carbonyl (C=O) groups excluding carboxylic acids is 2. The van der Waals surface area contributed by atoms with Gasteiger partial charge in [0.2, 0.25) is 11.8 Å². The topological polar surface area (TPSA) is 96.0 Å². The second-order valence-corrected chi connectivity index (χ2v) is 13.4. The van der Waals surface area contributed by atoms with Crippen LogP contribution in [-0.4, -0.2) is 81.2 Å². The van der Waals surface area contributed by atoms with Gasteiger partial charge in [0.1, 0.15) is 0 Å². The van der Waals surface area contributed by atoms with Crippen LogP contribution in [0.25, 0.3) is 0 Å². The number of hydrogen-bond donors (Lipinski definition) is 1. The molecule has 2 heterocycles. The van der Waals surface area contributed by atoms with Crippen LogP contribution >= 0.6 is 0 Å². The first-order valence-corrected chi connectivity index (χ1v) is 14.4. The van der Waals surface area contributed by atoms with E-state index in [0.717, 1.165) is 17.0 Å². The lowest BCUT2D eigenvalue weighted by Crippen LogP contribution is -2.60. The van der Waals surface area contributed by atoms with Crippen molar-refractivity contribution in [1.29, 1.82) is 0 Å². The number of ether oxygens (including phenoxy) is 1. The minimum atomic E-state index is -4.99. The molecule has 2 amide bonds. The molecule has 1 aromatic carbocycles. The van der Waals surface area contributed by atoms with Crippen LogP contribution in [0.3, 0.4) is 0 Å². The molecule has 0 bridgehead atoms. The first kappa shape index (κ1) is 28.1. The van der Waals surface area contributed by atoms with E-state index in [1.165, 1.54) is 6.07 Å². The molecule has 2 aliphatic carbocycles. The molecule has 216 valence electrons. The third-order valence-corrected chi connectivity index (χ3v) is 10.4. The summed E-state index contributed by atoms with van der Waals surface area (Å²) in [4.78, 5) is 27.8. The molecule has 4 fully saturated rings. The Kier molecular flexibility index (Phi) is 6.88. The average molecular weight is 580 g/mol. The maximum Gasteiger partial charge on any atom is 0.417 e.